The maximum absolute atomic E-state index is 5.83. The van der Waals surface area contributed by atoms with Gasteiger partial charge in [0.05, 0.1) is 16.3 Å². The predicted molar refractivity (Wildman–Crippen MR) is 63.7 cm³/mol. The van der Waals surface area contributed by atoms with Crippen molar-refractivity contribution in [1.29, 1.82) is 0 Å². The first-order valence-electron chi connectivity index (χ1n) is 4.54. The Bertz CT molecular complexity index is 342. The van der Waals surface area contributed by atoms with Crippen LogP contribution in [0.3, 0.4) is 0 Å². The second kappa shape index (κ2) is 6.67. The Kier molecular flexibility index (Phi) is 5.47. The van der Waals surface area contributed by atoms with Crippen LogP contribution in [0.5, 0.6) is 0 Å². The van der Waals surface area contributed by atoms with Gasteiger partial charge in [0.2, 0.25) is 0 Å². The molecule has 0 saturated heterocycles. The lowest BCUT2D eigenvalue weighted by molar-refractivity contribution is 0.145. The van der Waals surface area contributed by atoms with Gasteiger partial charge in [-0.25, -0.2) is 0 Å². The Morgan fingerprint density at radius 1 is 1.33 bits per heavy atom. The Morgan fingerprint density at radius 3 is 2.80 bits per heavy atom. The molecule has 1 aromatic carbocycles. The third kappa shape index (κ3) is 4.51. The molecule has 0 aromatic heterocycles. The summed E-state index contributed by atoms with van der Waals surface area (Å²) >= 11 is 11.6. The normalized spacial score (nSPS) is 10.9. The first-order chi connectivity index (χ1) is 7.24. The van der Waals surface area contributed by atoms with Crippen molar-refractivity contribution in [3.05, 3.63) is 33.8 Å². The lowest BCUT2D eigenvalue weighted by Gasteiger charge is -1.98. The average molecular weight is 247 g/mol. The molecule has 0 heterocycles. The lowest BCUT2D eigenvalue weighted by Crippen LogP contribution is -2.02. The summed E-state index contributed by atoms with van der Waals surface area (Å²) in [7, 11) is 0. The van der Waals surface area contributed by atoms with Gasteiger partial charge in [0.1, 0.15) is 6.61 Å². The van der Waals surface area contributed by atoms with Gasteiger partial charge in [0.25, 0.3) is 0 Å². The first kappa shape index (κ1) is 12.3. The Labute approximate surface area is 98.8 Å². The smallest absolute Gasteiger partial charge is 0.118 e. The molecule has 1 aromatic rings. The summed E-state index contributed by atoms with van der Waals surface area (Å²) in [6.07, 6.45) is 2.37. The van der Waals surface area contributed by atoms with Crippen molar-refractivity contribution in [2.45, 2.75) is 6.42 Å². The molecule has 0 unspecified atom stereocenters. The van der Waals surface area contributed by atoms with E-state index in [0.717, 1.165) is 12.0 Å². The van der Waals surface area contributed by atoms with E-state index < -0.39 is 0 Å². The van der Waals surface area contributed by atoms with Gasteiger partial charge in [0.15, 0.2) is 0 Å². The summed E-state index contributed by atoms with van der Waals surface area (Å²) in [6, 6.07) is 5.24. The SMILES string of the molecule is NCCCO/N=C/c1ccc(Cl)c(Cl)c1. The third-order valence-electron chi connectivity index (χ3n) is 1.66. The van der Waals surface area contributed by atoms with E-state index >= 15 is 0 Å². The molecule has 15 heavy (non-hydrogen) atoms. The van der Waals surface area contributed by atoms with Crippen molar-refractivity contribution < 1.29 is 4.84 Å². The standard InChI is InChI=1S/C10H12Cl2N2O/c11-9-3-2-8(6-10(9)12)7-14-15-5-1-4-13/h2-3,6-7H,1,4-5,13H2/b14-7+. The Morgan fingerprint density at radius 2 is 2.13 bits per heavy atom. The van der Waals surface area contributed by atoms with Crippen molar-refractivity contribution in [2.24, 2.45) is 10.9 Å². The number of rotatable bonds is 5. The van der Waals surface area contributed by atoms with Crippen molar-refractivity contribution in [3.63, 3.8) is 0 Å². The van der Waals surface area contributed by atoms with Gasteiger partial charge in [0, 0.05) is 0 Å². The summed E-state index contributed by atoms with van der Waals surface area (Å²) in [4.78, 5) is 4.96. The van der Waals surface area contributed by atoms with E-state index in [2.05, 4.69) is 5.16 Å². The number of nitrogens with two attached hydrogens (primary N) is 1. The van der Waals surface area contributed by atoms with Crippen LogP contribution in [0.2, 0.25) is 10.0 Å². The predicted octanol–water partition coefficient (Wildman–Crippen LogP) is 2.69. The van der Waals surface area contributed by atoms with Crippen molar-refractivity contribution in [3.8, 4) is 0 Å². The van der Waals surface area contributed by atoms with E-state index in [1.54, 1.807) is 18.3 Å². The quantitative estimate of drug-likeness (QED) is 0.494. The van der Waals surface area contributed by atoms with Gasteiger partial charge in [-0.3, -0.25) is 0 Å². The number of nitrogens with zero attached hydrogens (tertiary/aromatic N) is 1. The molecule has 82 valence electrons. The fraction of sp³-hybridized carbons (Fsp3) is 0.300. The second-order valence-corrected chi connectivity index (χ2v) is 3.70. The summed E-state index contributed by atoms with van der Waals surface area (Å²) in [5, 5.41) is 4.80. The van der Waals surface area contributed by atoms with Crippen molar-refractivity contribution >= 4 is 29.4 Å². The minimum absolute atomic E-state index is 0.502. The molecule has 0 aliphatic heterocycles. The molecular weight excluding hydrogens is 235 g/mol. The molecule has 5 heteroatoms. The van der Waals surface area contributed by atoms with Crippen LogP contribution in [-0.4, -0.2) is 19.4 Å². The van der Waals surface area contributed by atoms with E-state index in [9.17, 15) is 0 Å². The van der Waals surface area contributed by atoms with Crippen LogP contribution in [0, 0.1) is 0 Å². The molecule has 0 aliphatic rings. The number of halogens is 2. The Hall–Kier alpha value is -0.770. The molecule has 0 bridgehead atoms. The van der Waals surface area contributed by atoms with E-state index in [4.69, 9.17) is 33.8 Å². The van der Waals surface area contributed by atoms with Crippen molar-refractivity contribution in [2.75, 3.05) is 13.2 Å². The number of benzene rings is 1. The van der Waals surface area contributed by atoms with Crippen LogP contribution < -0.4 is 5.73 Å². The summed E-state index contributed by atoms with van der Waals surface area (Å²) in [5.41, 5.74) is 6.14. The van der Waals surface area contributed by atoms with Crippen LogP contribution >= 0.6 is 23.2 Å². The highest BCUT2D eigenvalue weighted by Crippen LogP contribution is 2.21. The topological polar surface area (TPSA) is 47.6 Å². The van der Waals surface area contributed by atoms with Gasteiger partial charge >= 0.3 is 0 Å². The summed E-state index contributed by atoms with van der Waals surface area (Å²) in [6.45, 7) is 1.12. The van der Waals surface area contributed by atoms with Gasteiger partial charge in [-0.15, -0.1) is 0 Å². The number of hydrogen-bond acceptors (Lipinski definition) is 3. The number of hydrogen-bond donors (Lipinski definition) is 1. The molecule has 1 rings (SSSR count). The molecular formula is C10H12Cl2N2O. The molecule has 0 spiro atoms. The third-order valence-corrected chi connectivity index (χ3v) is 2.40. The zero-order valence-corrected chi connectivity index (χ0v) is 9.63. The molecule has 0 amide bonds. The minimum Gasteiger partial charge on any atom is -0.396 e. The van der Waals surface area contributed by atoms with Gasteiger partial charge in [-0.05, 0) is 30.7 Å². The van der Waals surface area contributed by atoms with E-state index in [-0.39, 0.29) is 0 Å². The molecule has 2 N–H and O–H groups in total. The zero-order valence-electron chi connectivity index (χ0n) is 8.12. The van der Waals surface area contributed by atoms with Crippen LogP contribution in [0.1, 0.15) is 12.0 Å². The Balaban J connectivity index is 2.46. The van der Waals surface area contributed by atoms with E-state index in [1.165, 1.54) is 0 Å². The molecule has 0 aliphatic carbocycles. The second-order valence-electron chi connectivity index (χ2n) is 2.88. The zero-order chi connectivity index (χ0) is 11.1. The van der Waals surface area contributed by atoms with Crippen LogP contribution in [0.15, 0.2) is 23.4 Å². The van der Waals surface area contributed by atoms with Gasteiger partial charge < -0.3 is 10.6 Å². The molecule has 0 fully saturated rings. The highest BCUT2D eigenvalue weighted by molar-refractivity contribution is 6.42. The monoisotopic (exact) mass is 246 g/mol. The number of oxime groups is 1. The van der Waals surface area contributed by atoms with Crippen LogP contribution in [0.4, 0.5) is 0 Å². The largest absolute Gasteiger partial charge is 0.396 e. The fourth-order valence-electron chi connectivity index (χ4n) is 0.891. The fourth-order valence-corrected chi connectivity index (χ4v) is 1.20. The first-order valence-corrected chi connectivity index (χ1v) is 5.30. The van der Waals surface area contributed by atoms with E-state index in [1.807, 2.05) is 6.07 Å². The molecule has 0 radical (unpaired) electrons. The highest BCUT2D eigenvalue weighted by atomic mass is 35.5. The molecule has 3 nitrogen and oxygen atoms in total. The molecule has 0 atom stereocenters. The summed E-state index contributed by atoms with van der Waals surface area (Å²) in [5.74, 6) is 0. The van der Waals surface area contributed by atoms with Crippen LogP contribution in [0.25, 0.3) is 0 Å². The average Bonchev–Trinajstić information content (AvgIpc) is 2.23. The van der Waals surface area contributed by atoms with Gasteiger partial charge in [-0.1, -0.05) is 34.4 Å². The molecule has 0 saturated carbocycles. The van der Waals surface area contributed by atoms with Crippen LogP contribution in [-0.2, 0) is 4.84 Å². The maximum Gasteiger partial charge on any atom is 0.118 e. The van der Waals surface area contributed by atoms with E-state index in [0.29, 0.717) is 23.2 Å². The maximum atomic E-state index is 5.83. The summed E-state index contributed by atoms with van der Waals surface area (Å²) < 4.78 is 0. The lowest BCUT2D eigenvalue weighted by atomic mass is 10.2. The van der Waals surface area contributed by atoms with Crippen molar-refractivity contribution in [1.82, 2.24) is 0 Å². The minimum atomic E-state index is 0.502. The van der Waals surface area contributed by atoms with Gasteiger partial charge in [-0.2, -0.15) is 0 Å². The highest BCUT2D eigenvalue weighted by Gasteiger charge is 1.96.